The van der Waals surface area contributed by atoms with E-state index in [4.69, 9.17) is 9.47 Å². The predicted molar refractivity (Wildman–Crippen MR) is 76.9 cm³/mol. The van der Waals surface area contributed by atoms with Crippen LogP contribution in [-0.4, -0.2) is 46.1 Å². The molecule has 2 rings (SSSR count). The number of nitrogens with one attached hydrogen (secondary N) is 1. The first-order chi connectivity index (χ1) is 9.26. The zero-order chi connectivity index (χ0) is 14.8. The summed E-state index contributed by atoms with van der Waals surface area (Å²) in [5.41, 5.74) is -0.188. The van der Waals surface area contributed by atoms with E-state index in [0.717, 1.165) is 13.1 Å². The molecule has 1 N–H and O–H groups in total. The average molecular weight is 299 g/mol. The van der Waals surface area contributed by atoms with Crippen LogP contribution in [0.4, 0.5) is 0 Å². The van der Waals surface area contributed by atoms with Crippen LogP contribution >= 0.6 is 0 Å². The van der Waals surface area contributed by atoms with Gasteiger partial charge in [0.25, 0.3) is 0 Å². The molecule has 1 aliphatic heterocycles. The van der Waals surface area contributed by atoms with Gasteiger partial charge in [0.2, 0.25) is 0 Å². The minimum atomic E-state index is -3.16. The van der Waals surface area contributed by atoms with Gasteiger partial charge < -0.3 is 14.8 Å². The van der Waals surface area contributed by atoms with Crippen molar-refractivity contribution < 1.29 is 17.9 Å². The third kappa shape index (κ3) is 4.19. The van der Waals surface area contributed by atoms with Crippen LogP contribution in [0.5, 0.6) is 5.75 Å². The van der Waals surface area contributed by atoms with Gasteiger partial charge in [0.15, 0.2) is 9.84 Å². The van der Waals surface area contributed by atoms with Crippen molar-refractivity contribution in [1.82, 2.24) is 5.32 Å². The summed E-state index contributed by atoms with van der Waals surface area (Å²) < 4.78 is 34.2. The van der Waals surface area contributed by atoms with E-state index in [1.807, 2.05) is 13.8 Å². The zero-order valence-electron chi connectivity index (χ0n) is 12.0. The molecule has 0 saturated carbocycles. The fraction of sp³-hybridized carbons (Fsp3) is 0.571. The molecule has 1 aromatic carbocycles. The van der Waals surface area contributed by atoms with Crippen LogP contribution < -0.4 is 10.1 Å². The Morgan fingerprint density at radius 1 is 1.35 bits per heavy atom. The molecule has 0 aromatic heterocycles. The summed E-state index contributed by atoms with van der Waals surface area (Å²) in [5.74, 6) is 0.643. The number of benzene rings is 1. The monoisotopic (exact) mass is 299 g/mol. The van der Waals surface area contributed by atoms with Crippen LogP contribution in [0.2, 0.25) is 0 Å². The topological polar surface area (TPSA) is 64.6 Å². The van der Waals surface area contributed by atoms with Gasteiger partial charge in [-0.1, -0.05) is 0 Å². The normalized spacial score (nSPS) is 22.4. The van der Waals surface area contributed by atoms with Crippen LogP contribution in [0.3, 0.4) is 0 Å². The van der Waals surface area contributed by atoms with Crippen molar-refractivity contribution >= 4 is 9.84 Å². The second-order valence-corrected chi connectivity index (χ2v) is 7.70. The van der Waals surface area contributed by atoms with Crippen LogP contribution in [-0.2, 0) is 14.6 Å². The highest BCUT2D eigenvalue weighted by Gasteiger charge is 2.28. The molecule has 6 heteroatoms. The molecule has 1 atom stereocenters. The first-order valence-electron chi connectivity index (χ1n) is 6.58. The molecule has 5 nitrogen and oxygen atoms in total. The lowest BCUT2D eigenvalue weighted by molar-refractivity contribution is -0.107. The fourth-order valence-corrected chi connectivity index (χ4v) is 2.76. The van der Waals surface area contributed by atoms with Crippen molar-refractivity contribution in [3.8, 4) is 5.75 Å². The maximum atomic E-state index is 11.4. The summed E-state index contributed by atoms with van der Waals surface area (Å²) in [6, 6.07) is 6.43. The van der Waals surface area contributed by atoms with Crippen molar-refractivity contribution in [2.45, 2.75) is 30.4 Å². The minimum Gasteiger partial charge on any atom is -0.491 e. The van der Waals surface area contributed by atoms with Crippen molar-refractivity contribution in [3.05, 3.63) is 24.3 Å². The minimum absolute atomic E-state index is 0.00617. The van der Waals surface area contributed by atoms with E-state index >= 15 is 0 Å². The number of rotatable bonds is 4. The first-order valence-corrected chi connectivity index (χ1v) is 8.47. The van der Waals surface area contributed by atoms with Gasteiger partial charge in [0.05, 0.1) is 10.5 Å². The lowest BCUT2D eigenvalue weighted by atomic mass is 10.1. The molecular weight excluding hydrogens is 278 g/mol. The van der Waals surface area contributed by atoms with Crippen molar-refractivity contribution in [3.63, 3.8) is 0 Å². The molecule has 1 aromatic rings. The van der Waals surface area contributed by atoms with E-state index in [1.165, 1.54) is 6.26 Å². The van der Waals surface area contributed by atoms with E-state index < -0.39 is 9.84 Å². The molecular formula is C14H21NO4S. The number of hydrogen-bond acceptors (Lipinski definition) is 5. The highest BCUT2D eigenvalue weighted by Crippen LogP contribution is 2.18. The van der Waals surface area contributed by atoms with Crippen LogP contribution in [0, 0.1) is 0 Å². The molecule has 0 bridgehead atoms. The Bertz CT molecular complexity index is 551. The lowest BCUT2D eigenvalue weighted by Gasteiger charge is -2.36. The highest BCUT2D eigenvalue weighted by atomic mass is 32.2. The summed E-state index contributed by atoms with van der Waals surface area (Å²) in [4.78, 5) is 0.293. The molecule has 1 saturated heterocycles. The average Bonchev–Trinajstić information content (AvgIpc) is 2.35. The fourth-order valence-electron chi connectivity index (χ4n) is 2.13. The molecule has 1 heterocycles. The van der Waals surface area contributed by atoms with Gasteiger partial charge in [0.1, 0.15) is 18.5 Å². The van der Waals surface area contributed by atoms with Gasteiger partial charge in [-0.05, 0) is 38.1 Å². The second-order valence-electron chi connectivity index (χ2n) is 5.69. The van der Waals surface area contributed by atoms with Gasteiger partial charge in [-0.3, -0.25) is 0 Å². The van der Waals surface area contributed by atoms with E-state index in [1.54, 1.807) is 24.3 Å². The SMILES string of the molecule is CC1(C)CNCC(COc2ccc(S(C)(=O)=O)cc2)O1. The zero-order valence-corrected chi connectivity index (χ0v) is 12.9. The summed E-state index contributed by atoms with van der Waals surface area (Å²) in [7, 11) is -3.16. The molecule has 1 fully saturated rings. The molecule has 1 aliphatic rings. The van der Waals surface area contributed by atoms with Gasteiger partial charge in [-0.2, -0.15) is 0 Å². The Kier molecular flexibility index (Phi) is 4.36. The Labute approximate surface area is 120 Å². The maximum Gasteiger partial charge on any atom is 0.175 e. The lowest BCUT2D eigenvalue weighted by Crippen LogP contribution is -2.52. The maximum absolute atomic E-state index is 11.4. The molecule has 0 aliphatic carbocycles. The van der Waals surface area contributed by atoms with Crippen molar-refractivity contribution in [2.75, 3.05) is 26.0 Å². The van der Waals surface area contributed by atoms with Gasteiger partial charge in [-0.25, -0.2) is 8.42 Å². The molecule has 0 radical (unpaired) electrons. The third-order valence-corrected chi connectivity index (χ3v) is 4.22. The Morgan fingerprint density at radius 2 is 2.00 bits per heavy atom. The van der Waals surface area contributed by atoms with Crippen LogP contribution in [0.1, 0.15) is 13.8 Å². The predicted octanol–water partition coefficient (Wildman–Crippen LogP) is 1.24. The van der Waals surface area contributed by atoms with Gasteiger partial charge >= 0.3 is 0 Å². The molecule has 0 spiro atoms. The van der Waals surface area contributed by atoms with Gasteiger partial charge in [0, 0.05) is 19.3 Å². The van der Waals surface area contributed by atoms with E-state index in [-0.39, 0.29) is 11.7 Å². The standard InChI is InChI=1S/C14H21NO4S/c1-14(2)10-15-8-12(19-14)9-18-11-4-6-13(7-5-11)20(3,16)17/h4-7,12,15H,8-10H2,1-3H3. The van der Waals surface area contributed by atoms with Crippen LogP contribution in [0.15, 0.2) is 29.2 Å². The van der Waals surface area contributed by atoms with E-state index in [9.17, 15) is 8.42 Å². The highest BCUT2D eigenvalue weighted by molar-refractivity contribution is 7.90. The number of hydrogen-bond donors (Lipinski definition) is 1. The molecule has 1 unspecified atom stereocenters. The van der Waals surface area contributed by atoms with E-state index in [2.05, 4.69) is 5.32 Å². The summed E-state index contributed by atoms with van der Waals surface area (Å²) >= 11 is 0. The van der Waals surface area contributed by atoms with E-state index in [0.29, 0.717) is 17.3 Å². The Hall–Kier alpha value is -1.11. The van der Waals surface area contributed by atoms with Crippen molar-refractivity contribution in [1.29, 1.82) is 0 Å². The number of ether oxygens (including phenoxy) is 2. The number of sulfone groups is 1. The Morgan fingerprint density at radius 3 is 2.55 bits per heavy atom. The van der Waals surface area contributed by atoms with Crippen LogP contribution in [0.25, 0.3) is 0 Å². The summed E-state index contributed by atoms with van der Waals surface area (Å²) in [6.45, 7) is 6.09. The first kappa shape index (κ1) is 15.3. The third-order valence-electron chi connectivity index (χ3n) is 3.10. The smallest absolute Gasteiger partial charge is 0.175 e. The quantitative estimate of drug-likeness (QED) is 0.906. The summed E-state index contributed by atoms with van der Waals surface area (Å²) in [6.07, 6.45) is 1.18. The molecule has 112 valence electrons. The molecule has 0 amide bonds. The second kappa shape index (κ2) is 5.71. The number of morpholine rings is 1. The largest absolute Gasteiger partial charge is 0.491 e. The van der Waals surface area contributed by atoms with Gasteiger partial charge in [-0.15, -0.1) is 0 Å². The molecule has 20 heavy (non-hydrogen) atoms. The summed E-state index contributed by atoms with van der Waals surface area (Å²) in [5, 5.41) is 3.31. The Balaban J connectivity index is 1.91. The van der Waals surface area contributed by atoms with Crippen molar-refractivity contribution in [2.24, 2.45) is 0 Å².